The van der Waals surface area contributed by atoms with Gasteiger partial charge in [-0.3, -0.25) is 0 Å². The average molecular weight is 286 g/mol. The van der Waals surface area contributed by atoms with Crippen LogP contribution in [0.25, 0.3) is 0 Å². The number of hydrogen-bond donors (Lipinski definition) is 2. The summed E-state index contributed by atoms with van der Waals surface area (Å²) >= 11 is 0. The van der Waals surface area contributed by atoms with Crippen molar-refractivity contribution < 1.29 is 0 Å². The van der Waals surface area contributed by atoms with E-state index in [9.17, 15) is 0 Å². The molecule has 3 atom stereocenters. The fraction of sp³-hybridized carbons (Fsp3) is 0.684. The highest BCUT2D eigenvalue weighted by atomic mass is 15.0. The summed E-state index contributed by atoms with van der Waals surface area (Å²) in [7, 11) is 0. The zero-order chi connectivity index (χ0) is 14.7. The lowest BCUT2D eigenvalue weighted by Crippen LogP contribution is -2.42. The Balaban J connectivity index is 1.68. The SMILES string of the molecule is CC(NC1CCCCC1CN)c1ccc2c(c1)CCCC2. The average Bonchev–Trinajstić information content (AvgIpc) is 2.55. The van der Waals surface area contributed by atoms with E-state index in [-0.39, 0.29) is 0 Å². The van der Waals surface area contributed by atoms with Gasteiger partial charge in [-0.05, 0) is 74.6 Å². The van der Waals surface area contributed by atoms with Gasteiger partial charge in [-0.15, -0.1) is 0 Å². The van der Waals surface area contributed by atoms with Crippen LogP contribution in [0.2, 0.25) is 0 Å². The van der Waals surface area contributed by atoms with Gasteiger partial charge >= 0.3 is 0 Å². The van der Waals surface area contributed by atoms with Gasteiger partial charge in [0, 0.05) is 12.1 Å². The minimum Gasteiger partial charge on any atom is -0.330 e. The van der Waals surface area contributed by atoms with Gasteiger partial charge < -0.3 is 11.1 Å². The lowest BCUT2D eigenvalue weighted by atomic mass is 9.83. The molecule has 1 saturated carbocycles. The van der Waals surface area contributed by atoms with Crippen molar-refractivity contribution in [1.82, 2.24) is 5.32 Å². The molecule has 2 aliphatic carbocycles. The fourth-order valence-corrected chi connectivity index (χ4v) is 4.15. The standard InChI is InChI=1S/C19H30N2/c1-14(21-19-9-5-4-8-18(19)13-20)16-11-10-15-6-2-3-7-17(15)12-16/h10-12,14,18-19,21H,2-9,13,20H2,1H3. The van der Waals surface area contributed by atoms with E-state index in [4.69, 9.17) is 5.73 Å². The fourth-order valence-electron chi connectivity index (χ4n) is 4.15. The zero-order valence-corrected chi connectivity index (χ0v) is 13.4. The largest absolute Gasteiger partial charge is 0.330 e. The molecule has 0 aliphatic heterocycles. The Bertz CT molecular complexity index is 469. The molecule has 3 N–H and O–H groups in total. The van der Waals surface area contributed by atoms with E-state index >= 15 is 0 Å². The molecule has 0 aromatic heterocycles. The van der Waals surface area contributed by atoms with Crippen molar-refractivity contribution >= 4 is 0 Å². The lowest BCUT2D eigenvalue weighted by molar-refractivity contribution is 0.252. The molecule has 0 heterocycles. The van der Waals surface area contributed by atoms with Crippen molar-refractivity contribution in [3.63, 3.8) is 0 Å². The Kier molecular flexibility index (Phi) is 4.97. The van der Waals surface area contributed by atoms with Gasteiger partial charge in [0.05, 0.1) is 0 Å². The van der Waals surface area contributed by atoms with E-state index < -0.39 is 0 Å². The number of benzene rings is 1. The highest BCUT2D eigenvalue weighted by Crippen LogP contribution is 2.28. The molecule has 0 saturated heterocycles. The smallest absolute Gasteiger partial charge is 0.0294 e. The Morgan fingerprint density at radius 2 is 1.86 bits per heavy atom. The molecule has 2 heteroatoms. The molecule has 1 fully saturated rings. The van der Waals surface area contributed by atoms with Crippen molar-refractivity contribution in [1.29, 1.82) is 0 Å². The zero-order valence-electron chi connectivity index (χ0n) is 13.4. The van der Waals surface area contributed by atoms with Crippen LogP contribution in [0.1, 0.15) is 68.2 Å². The minimum absolute atomic E-state index is 0.439. The molecule has 3 rings (SSSR count). The van der Waals surface area contributed by atoms with Crippen LogP contribution in [0.5, 0.6) is 0 Å². The molecule has 0 amide bonds. The second-order valence-electron chi connectivity index (χ2n) is 7.01. The third-order valence-corrected chi connectivity index (χ3v) is 5.55. The molecule has 0 radical (unpaired) electrons. The van der Waals surface area contributed by atoms with Gasteiger partial charge in [0.25, 0.3) is 0 Å². The van der Waals surface area contributed by atoms with Crippen LogP contribution in [0, 0.1) is 5.92 Å². The normalized spacial score (nSPS) is 27.1. The summed E-state index contributed by atoms with van der Waals surface area (Å²) < 4.78 is 0. The van der Waals surface area contributed by atoms with Crippen molar-refractivity contribution in [3.05, 3.63) is 34.9 Å². The first-order valence-corrected chi connectivity index (χ1v) is 8.85. The highest BCUT2D eigenvalue weighted by molar-refractivity contribution is 5.35. The Morgan fingerprint density at radius 1 is 1.10 bits per heavy atom. The molecule has 3 unspecified atom stereocenters. The van der Waals surface area contributed by atoms with Gasteiger partial charge in [0.1, 0.15) is 0 Å². The molecule has 1 aromatic rings. The first-order chi connectivity index (χ1) is 10.3. The molecular formula is C19H30N2. The third kappa shape index (κ3) is 3.49. The van der Waals surface area contributed by atoms with Crippen molar-refractivity contribution in [2.24, 2.45) is 11.7 Å². The van der Waals surface area contributed by atoms with E-state index in [0.29, 0.717) is 18.0 Å². The third-order valence-electron chi connectivity index (χ3n) is 5.55. The summed E-state index contributed by atoms with van der Waals surface area (Å²) in [5, 5.41) is 3.86. The van der Waals surface area contributed by atoms with Crippen LogP contribution in [0.4, 0.5) is 0 Å². The summed E-state index contributed by atoms with van der Waals surface area (Å²) in [6.07, 6.45) is 10.6. The van der Waals surface area contributed by atoms with Crippen molar-refractivity contribution in [3.8, 4) is 0 Å². The van der Waals surface area contributed by atoms with E-state index in [2.05, 4.69) is 30.4 Å². The monoisotopic (exact) mass is 286 g/mol. The molecule has 21 heavy (non-hydrogen) atoms. The Hall–Kier alpha value is -0.860. The second-order valence-corrected chi connectivity index (χ2v) is 7.01. The van der Waals surface area contributed by atoms with Crippen LogP contribution >= 0.6 is 0 Å². The number of hydrogen-bond acceptors (Lipinski definition) is 2. The maximum Gasteiger partial charge on any atom is 0.0294 e. The van der Waals surface area contributed by atoms with Crippen LogP contribution in [0.3, 0.4) is 0 Å². The molecule has 0 spiro atoms. The Labute approximate surface area is 129 Å². The van der Waals surface area contributed by atoms with E-state index in [1.54, 1.807) is 11.1 Å². The maximum absolute atomic E-state index is 5.96. The second kappa shape index (κ2) is 6.93. The van der Waals surface area contributed by atoms with Gasteiger partial charge in [-0.25, -0.2) is 0 Å². The number of fused-ring (bicyclic) bond motifs is 1. The van der Waals surface area contributed by atoms with Crippen molar-refractivity contribution in [2.75, 3.05) is 6.54 Å². The molecule has 0 bridgehead atoms. The summed E-state index contributed by atoms with van der Waals surface area (Å²) in [5.74, 6) is 0.666. The Morgan fingerprint density at radius 3 is 2.67 bits per heavy atom. The quantitative estimate of drug-likeness (QED) is 0.885. The number of aryl methyl sites for hydroxylation is 2. The number of rotatable bonds is 4. The molecule has 2 nitrogen and oxygen atoms in total. The minimum atomic E-state index is 0.439. The van der Waals surface area contributed by atoms with Crippen molar-refractivity contribution in [2.45, 2.75) is 70.4 Å². The summed E-state index contributed by atoms with van der Waals surface area (Å²) in [5.41, 5.74) is 10.6. The van der Waals surface area contributed by atoms with Gasteiger partial charge in [0.2, 0.25) is 0 Å². The van der Waals surface area contributed by atoms with Crippen LogP contribution in [0.15, 0.2) is 18.2 Å². The lowest BCUT2D eigenvalue weighted by Gasteiger charge is -2.34. The summed E-state index contributed by atoms with van der Waals surface area (Å²) in [6, 6.07) is 8.20. The van der Waals surface area contributed by atoms with Crippen LogP contribution < -0.4 is 11.1 Å². The van der Waals surface area contributed by atoms with Gasteiger partial charge in [0.15, 0.2) is 0 Å². The molecular weight excluding hydrogens is 256 g/mol. The topological polar surface area (TPSA) is 38.0 Å². The van der Waals surface area contributed by atoms with Crippen LogP contribution in [-0.4, -0.2) is 12.6 Å². The maximum atomic E-state index is 5.96. The summed E-state index contributed by atoms with van der Waals surface area (Å²) in [6.45, 7) is 3.14. The number of nitrogens with one attached hydrogen (secondary N) is 1. The predicted octanol–water partition coefficient (Wildman–Crippen LogP) is 3.73. The van der Waals surface area contributed by atoms with Gasteiger partial charge in [-0.2, -0.15) is 0 Å². The van der Waals surface area contributed by atoms with Crippen LogP contribution in [-0.2, 0) is 12.8 Å². The van der Waals surface area contributed by atoms with Gasteiger partial charge in [-0.1, -0.05) is 31.0 Å². The van der Waals surface area contributed by atoms with E-state index in [1.165, 1.54) is 56.9 Å². The highest BCUT2D eigenvalue weighted by Gasteiger charge is 2.25. The first-order valence-electron chi connectivity index (χ1n) is 8.85. The molecule has 1 aromatic carbocycles. The van der Waals surface area contributed by atoms with E-state index in [0.717, 1.165) is 6.54 Å². The number of nitrogens with two attached hydrogens (primary N) is 1. The molecule has 2 aliphatic rings. The predicted molar refractivity (Wildman–Crippen MR) is 89.4 cm³/mol. The molecule has 116 valence electrons. The summed E-state index contributed by atoms with van der Waals surface area (Å²) in [4.78, 5) is 0. The first kappa shape index (κ1) is 15.1. The van der Waals surface area contributed by atoms with E-state index in [1.807, 2.05) is 0 Å².